The number of amides is 1. The first-order valence-corrected chi connectivity index (χ1v) is 9.36. The number of aromatic nitrogens is 2. The van der Waals surface area contributed by atoms with Gasteiger partial charge in [-0.15, -0.1) is 0 Å². The molecule has 0 bridgehead atoms. The van der Waals surface area contributed by atoms with Crippen molar-refractivity contribution in [3.05, 3.63) is 44.4 Å². The van der Waals surface area contributed by atoms with Crippen molar-refractivity contribution < 1.29 is 18.9 Å². The van der Waals surface area contributed by atoms with E-state index in [1.807, 2.05) is 0 Å². The SMILES string of the molecule is O=C(NCCCN1CCOCC1)c1ccc(Cn2cc(Br)c([N+](=O)[O-])n2)o1. The molecule has 0 aliphatic carbocycles. The van der Waals surface area contributed by atoms with Gasteiger partial charge in [-0.1, -0.05) is 0 Å². The molecule has 1 saturated heterocycles. The first-order chi connectivity index (χ1) is 13.0. The zero-order chi connectivity index (χ0) is 19.2. The number of nitrogens with zero attached hydrogens (tertiary/aromatic N) is 4. The quantitative estimate of drug-likeness (QED) is 0.376. The van der Waals surface area contributed by atoms with Gasteiger partial charge in [-0.3, -0.25) is 9.69 Å². The summed E-state index contributed by atoms with van der Waals surface area (Å²) in [6.45, 7) is 5.05. The van der Waals surface area contributed by atoms with Crippen LogP contribution in [0.3, 0.4) is 0 Å². The van der Waals surface area contributed by atoms with Crippen LogP contribution in [0.1, 0.15) is 22.7 Å². The maximum Gasteiger partial charge on any atom is 0.404 e. The largest absolute Gasteiger partial charge is 0.454 e. The number of halogens is 1. The molecule has 2 aromatic rings. The molecular weight excluding hydrogens is 422 g/mol. The van der Waals surface area contributed by atoms with Crippen LogP contribution in [-0.4, -0.2) is 64.9 Å². The first kappa shape index (κ1) is 19.5. The molecule has 3 rings (SSSR count). The fourth-order valence-corrected chi connectivity index (χ4v) is 3.21. The van der Waals surface area contributed by atoms with Gasteiger partial charge in [0.1, 0.15) is 16.8 Å². The Morgan fingerprint density at radius 1 is 1.37 bits per heavy atom. The van der Waals surface area contributed by atoms with Gasteiger partial charge >= 0.3 is 5.82 Å². The van der Waals surface area contributed by atoms with Crippen LogP contribution >= 0.6 is 15.9 Å². The Morgan fingerprint density at radius 2 is 2.15 bits per heavy atom. The molecule has 1 aliphatic heterocycles. The maximum absolute atomic E-state index is 12.2. The molecule has 0 aromatic carbocycles. The number of furan rings is 1. The summed E-state index contributed by atoms with van der Waals surface area (Å²) >= 11 is 3.09. The van der Waals surface area contributed by atoms with Crippen molar-refractivity contribution in [1.82, 2.24) is 20.0 Å². The third kappa shape index (κ3) is 5.37. The number of ether oxygens (including phenoxy) is 1. The van der Waals surface area contributed by atoms with Crippen LogP contribution in [0.4, 0.5) is 5.82 Å². The summed E-state index contributed by atoms with van der Waals surface area (Å²) in [6, 6.07) is 3.24. The maximum atomic E-state index is 12.2. The predicted molar refractivity (Wildman–Crippen MR) is 98.6 cm³/mol. The molecule has 10 nitrogen and oxygen atoms in total. The van der Waals surface area contributed by atoms with E-state index >= 15 is 0 Å². The Labute approximate surface area is 163 Å². The van der Waals surface area contributed by atoms with Gasteiger partial charge in [-0.2, -0.15) is 4.68 Å². The van der Waals surface area contributed by atoms with Crippen molar-refractivity contribution >= 4 is 27.7 Å². The van der Waals surface area contributed by atoms with E-state index in [0.717, 1.165) is 39.3 Å². The molecule has 0 radical (unpaired) electrons. The van der Waals surface area contributed by atoms with E-state index in [2.05, 4.69) is 31.2 Å². The first-order valence-electron chi connectivity index (χ1n) is 8.57. The van der Waals surface area contributed by atoms with Crippen LogP contribution in [0.2, 0.25) is 0 Å². The van der Waals surface area contributed by atoms with E-state index in [1.165, 1.54) is 10.9 Å². The van der Waals surface area contributed by atoms with Gasteiger partial charge in [0, 0.05) is 19.6 Å². The second-order valence-electron chi connectivity index (χ2n) is 6.08. The Bertz CT molecular complexity index is 799. The number of hydrogen-bond donors (Lipinski definition) is 1. The summed E-state index contributed by atoms with van der Waals surface area (Å²) in [5, 5.41) is 17.5. The molecule has 0 unspecified atom stereocenters. The van der Waals surface area contributed by atoms with Crippen LogP contribution in [0, 0.1) is 10.1 Å². The lowest BCUT2D eigenvalue weighted by Gasteiger charge is -2.26. The van der Waals surface area contributed by atoms with Crippen molar-refractivity contribution in [2.24, 2.45) is 0 Å². The minimum atomic E-state index is -0.571. The smallest absolute Gasteiger partial charge is 0.404 e. The van der Waals surface area contributed by atoms with E-state index < -0.39 is 4.92 Å². The monoisotopic (exact) mass is 441 g/mol. The summed E-state index contributed by atoms with van der Waals surface area (Å²) < 4.78 is 12.5. The highest BCUT2D eigenvalue weighted by atomic mass is 79.9. The van der Waals surface area contributed by atoms with Gasteiger partial charge in [0.05, 0.1) is 24.5 Å². The lowest BCUT2D eigenvalue weighted by atomic mass is 10.3. The standard InChI is InChI=1S/C16H20BrN5O5/c17-13-11-21(19-15(13)22(24)25)10-12-2-3-14(27-12)16(23)18-4-1-5-20-6-8-26-9-7-20/h2-3,11H,1,4-10H2,(H,18,23). The van der Waals surface area contributed by atoms with Gasteiger partial charge in [-0.05, 0) is 46.0 Å². The fraction of sp³-hybridized carbons (Fsp3) is 0.500. The Balaban J connectivity index is 1.46. The lowest BCUT2D eigenvalue weighted by molar-refractivity contribution is -0.390. The second-order valence-corrected chi connectivity index (χ2v) is 6.94. The van der Waals surface area contributed by atoms with Crippen molar-refractivity contribution in [2.45, 2.75) is 13.0 Å². The second kappa shape index (κ2) is 9.11. The fourth-order valence-electron chi connectivity index (χ4n) is 2.75. The summed E-state index contributed by atoms with van der Waals surface area (Å²) in [5.74, 6) is 0.145. The van der Waals surface area contributed by atoms with Gasteiger partial charge in [0.2, 0.25) is 0 Å². The number of morpholine rings is 1. The van der Waals surface area contributed by atoms with E-state index in [4.69, 9.17) is 9.15 Å². The third-order valence-electron chi connectivity index (χ3n) is 4.12. The summed E-state index contributed by atoms with van der Waals surface area (Å²) in [5.41, 5.74) is 0. The van der Waals surface area contributed by atoms with Gasteiger partial charge in [-0.25, -0.2) is 0 Å². The van der Waals surface area contributed by atoms with Gasteiger partial charge in [0.25, 0.3) is 5.91 Å². The minimum absolute atomic E-state index is 0.191. The van der Waals surface area contributed by atoms with Crippen molar-refractivity contribution in [2.75, 3.05) is 39.4 Å². The van der Waals surface area contributed by atoms with E-state index in [1.54, 1.807) is 12.1 Å². The molecule has 27 heavy (non-hydrogen) atoms. The van der Waals surface area contributed by atoms with Crippen LogP contribution in [0.5, 0.6) is 0 Å². The van der Waals surface area contributed by atoms with Gasteiger partial charge in [0.15, 0.2) is 5.76 Å². The molecule has 1 fully saturated rings. The van der Waals surface area contributed by atoms with Crippen LogP contribution < -0.4 is 5.32 Å². The number of nitro groups is 1. The minimum Gasteiger partial charge on any atom is -0.454 e. The number of nitrogens with one attached hydrogen (secondary N) is 1. The highest BCUT2D eigenvalue weighted by Crippen LogP contribution is 2.22. The Morgan fingerprint density at radius 3 is 2.85 bits per heavy atom. The van der Waals surface area contributed by atoms with E-state index in [0.29, 0.717) is 12.3 Å². The van der Waals surface area contributed by atoms with Crippen molar-refractivity contribution in [3.63, 3.8) is 0 Å². The summed E-state index contributed by atoms with van der Waals surface area (Å²) in [4.78, 5) is 24.7. The molecule has 0 spiro atoms. The molecule has 2 aromatic heterocycles. The highest BCUT2D eigenvalue weighted by molar-refractivity contribution is 9.10. The molecule has 1 aliphatic rings. The number of rotatable bonds is 8. The van der Waals surface area contributed by atoms with Crippen LogP contribution in [0.25, 0.3) is 0 Å². The normalized spacial score (nSPS) is 15.0. The lowest BCUT2D eigenvalue weighted by Crippen LogP contribution is -2.38. The van der Waals surface area contributed by atoms with Crippen molar-refractivity contribution in [1.29, 1.82) is 0 Å². The Kier molecular flexibility index (Phi) is 6.58. The average molecular weight is 442 g/mol. The molecular formula is C16H20BrN5O5. The number of carbonyl (C=O) groups is 1. The zero-order valence-electron chi connectivity index (χ0n) is 14.6. The molecule has 0 atom stereocenters. The highest BCUT2D eigenvalue weighted by Gasteiger charge is 2.20. The van der Waals surface area contributed by atoms with Crippen LogP contribution in [-0.2, 0) is 11.3 Å². The summed E-state index contributed by atoms with van der Waals surface area (Å²) in [7, 11) is 0. The number of carbonyl (C=O) groups excluding carboxylic acids is 1. The van der Waals surface area contributed by atoms with Crippen molar-refractivity contribution in [3.8, 4) is 0 Å². The Hall–Kier alpha value is -2.24. The topological polar surface area (TPSA) is 116 Å². The molecule has 0 saturated carbocycles. The molecule has 1 N–H and O–H groups in total. The van der Waals surface area contributed by atoms with Gasteiger partial charge < -0.3 is 24.6 Å². The molecule has 1 amide bonds. The predicted octanol–water partition coefficient (Wildman–Crippen LogP) is 1.65. The molecule has 3 heterocycles. The van der Waals surface area contributed by atoms with E-state index in [9.17, 15) is 14.9 Å². The average Bonchev–Trinajstić information content (AvgIpc) is 3.26. The molecule has 146 valence electrons. The summed E-state index contributed by atoms with van der Waals surface area (Å²) in [6.07, 6.45) is 2.34. The zero-order valence-corrected chi connectivity index (χ0v) is 16.2. The number of hydrogen-bond acceptors (Lipinski definition) is 7. The van der Waals surface area contributed by atoms with E-state index in [-0.39, 0.29) is 28.5 Å². The molecule has 11 heteroatoms. The third-order valence-corrected chi connectivity index (χ3v) is 4.68. The van der Waals surface area contributed by atoms with Crippen LogP contribution in [0.15, 0.2) is 27.2 Å².